The summed E-state index contributed by atoms with van der Waals surface area (Å²) in [6, 6.07) is 28.2. The molecule has 4 rings (SSSR count). The van der Waals surface area contributed by atoms with Crippen LogP contribution in [0.25, 0.3) is 11.1 Å². The minimum atomic E-state index is 0. The van der Waals surface area contributed by atoms with Crippen LogP contribution in [0.2, 0.25) is 12.1 Å². The molecular weight excluding hydrogens is 599 g/mol. The van der Waals surface area contributed by atoms with Gasteiger partial charge in [0, 0.05) is 0 Å². The summed E-state index contributed by atoms with van der Waals surface area (Å²) in [5.74, 6) is 0. The van der Waals surface area contributed by atoms with Crippen LogP contribution in [0.3, 0.4) is 0 Å². The molecule has 1 aliphatic rings. The molecule has 0 fully saturated rings. The average Bonchev–Trinajstić information content (AvgIpc) is 3.51. The van der Waals surface area contributed by atoms with Crippen LogP contribution in [0, 0.1) is 6.07 Å². The maximum Gasteiger partial charge on any atom is -0.172 e. The molecule has 208 valence electrons. The summed E-state index contributed by atoms with van der Waals surface area (Å²) in [6.45, 7) is 18.2. The predicted octanol–water partition coefficient (Wildman–Crippen LogP) is 4.19. The Balaban J connectivity index is 0.000000676. The number of unbranched alkanes of at least 4 members (excludes halogenated alkanes) is 2. The van der Waals surface area contributed by atoms with Crippen molar-refractivity contribution < 1.29 is 48.1 Å². The molecule has 0 nitrogen and oxygen atoms in total. The van der Waals surface area contributed by atoms with E-state index in [2.05, 4.69) is 91.8 Å². The topological polar surface area (TPSA) is 0 Å². The first kappa shape index (κ1) is 37.5. The first-order valence-electron chi connectivity index (χ1n) is 13.9. The number of fused-ring (bicyclic) bond motifs is 3. The van der Waals surface area contributed by atoms with E-state index in [-0.39, 0.29) is 41.1 Å². The van der Waals surface area contributed by atoms with Gasteiger partial charge in [0.15, 0.2) is 0 Å². The van der Waals surface area contributed by atoms with Crippen molar-refractivity contribution in [2.24, 2.45) is 0 Å². The van der Waals surface area contributed by atoms with Crippen LogP contribution in [0.1, 0.15) is 103 Å². The van der Waals surface area contributed by atoms with Crippen LogP contribution in [-0.4, -0.2) is 5.43 Å². The molecule has 0 atom stereocenters. The third-order valence-electron chi connectivity index (χ3n) is 6.75. The summed E-state index contributed by atoms with van der Waals surface area (Å²) in [7, 11) is 0. The minimum Gasteiger partial charge on any atom is -1.00 e. The minimum absolute atomic E-state index is 0. The van der Waals surface area contributed by atoms with E-state index < -0.39 is 0 Å². The standard InChI is InChI=1S/C21H25.C8H18Si.C5H5.2ClH.Zr/c1-20(2,3)16-9-7-14-11-15-8-10-17(21(4,5)6)13-19(15)18(14)12-16;1-3-5-7-9-8-6-4-2;1-2-4-5-3-1;;;/h7,9-10,12-13H,11H2,1-6H3;3-8H2,1-2H3;1-5H;2*1H;/q-1;;-1;;;+2/p-2. The molecule has 0 heterocycles. The van der Waals surface area contributed by atoms with Gasteiger partial charge >= 0.3 is 80.4 Å². The molecule has 0 aromatic heterocycles. The van der Waals surface area contributed by atoms with Crippen LogP contribution in [0.4, 0.5) is 0 Å². The smallest absolute Gasteiger partial charge is 0.172 e. The summed E-state index contributed by atoms with van der Waals surface area (Å²) in [5.41, 5.74) is 8.94. The van der Waals surface area contributed by atoms with Crippen molar-refractivity contribution in [3.63, 3.8) is 0 Å². The van der Waals surface area contributed by atoms with E-state index in [9.17, 15) is 0 Å². The maximum absolute atomic E-state index is 3.53. The van der Waals surface area contributed by atoms with Crippen molar-refractivity contribution in [1.29, 1.82) is 0 Å². The number of benzene rings is 2. The van der Waals surface area contributed by atoms with Gasteiger partial charge in [-0.3, -0.25) is 0 Å². The molecule has 3 aromatic carbocycles. The van der Waals surface area contributed by atoms with Crippen LogP contribution < -0.4 is 24.8 Å². The Kier molecular flexibility index (Phi) is 17.8. The molecule has 1 aliphatic carbocycles. The number of halogens is 2. The Morgan fingerprint density at radius 1 is 0.816 bits per heavy atom. The van der Waals surface area contributed by atoms with E-state index in [0.29, 0.717) is 0 Å². The second-order valence-electron chi connectivity index (χ2n) is 12.1. The van der Waals surface area contributed by atoms with Gasteiger partial charge in [-0.25, -0.2) is 12.1 Å². The Bertz CT molecular complexity index is 984. The number of rotatable bonds is 6. The first-order valence-corrected chi connectivity index (χ1v) is 19.5. The van der Waals surface area contributed by atoms with E-state index in [1.54, 1.807) is 12.1 Å². The van der Waals surface area contributed by atoms with Crippen LogP contribution in [0.15, 0.2) is 60.7 Å². The van der Waals surface area contributed by atoms with Crippen molar-refractivity contribution in [2.45, 2.75) is 110 Å². The molecule has 0 amide bonds. The van der Waals surface area contributed by atoms with E-state index in [1.165, 1.54) is 59.1 Å². The fourth-order valence-corrected chi connectivity index (χ4v) is 8.63. The summed E-state index contributed by atoms with van der Waals surface area (Å²) in [6.07, 6.45) is 6.80. The van der Waals surface area contributed by atoms with E-state index in [0.717, 1.165) is 6.42 Å². The maximum atomic E-state index is 3.53. The molecule has 0 unspecified atom stereocenters. The fourth-order valence-electron chi connectivity index (χ4n) is 4.21. The second-order valence-corrected chi connectivity index (χ2v) is 19.5. The largest absolute Gasteiger partial charge is 1.00 e. The van der Waals surface area contributed by atoms with E-state index in [1.807, 2.05) is 53.7 Å². The Morgan fingerprint density at radius 3 is 1.79 bits per heavy atom. The van der Waals surface area contributed by atoms with Gasteiger partial charge in [0.2, 0.25) is 0 Å². The van der Waals surface area contributed by atoms with Crippen LogP contribution in [0.5, 0.6) is 0 Å². The van der Waals surface area contributed by atoms with Gasteiger partial charge in [-0.1, -0.05) is 76.3 Å². The third-order valence-corrected chi connectivity index (χ3v) is 12.3. The fraction of sp³-hybridized carbons (Fsp3) is 0.500. The first-order chi connectivity index (χ1) is 17.0. The normalized spacial score (nSPS) is 11.4. The molecule has 0 aliphatic heterocycles. The van der Waals surface area contributed by atoms with Gasteiger partial charge in [-0.15, -0.1) is 5.56 Å². The van der Waals surface area contributed by atoms with Crippen LogP contribution in [-0.2, 0) is 40.6 Å². The van der Waals surface area contributed by atoms with Crippen molar-refractivity contribution in [2.75, 3.05) is 0 Å². The number of hydrogen-bond donors (Lipinski definition) is 0. The molecule has 0 radical (unpaired) electrons. The molecule has 0 spiro atoms. The van der Waals surface area contributed by atoms with Gasteiger partial charge in [0.25, 0.3) is 0 Å². The SMILES string of the molecule is CC(C)(C)c1c[c-]c2c(c1)-c1cc(C(C)(C)C)ccc1C2.CCCC[Si](=[Zr+2])CCCC.[Cl-].[Cl-].c1cc[cH-]c1. The van der Waals surface area contributed by atoms with Crippen molar-refractivity contribution >= 4 is 5.43 Å². The zero-order valence-electron chi connectivity index (χ0n) is 25.0. The molecule has 0 saturated heterocycles. The van der Waals surface area contributed by atoms with Crippen LogP contribution >= 0.6 is 0 Å². The van der Waals surface area contributed by atoms with Gasteiger partial charge in [-0.05, 0) is 17.4 Å². The molecule has 0 bridgehead atoms. The van der Waals surface area contributed by atoms with Crippen molar-refractivity contribution in [3.05, 3.63) is 89.0 Å². The predicted molar refractivity (Wildman–Crippen MR) is 158 cm³/mol. The molecular formula is C34H48Cl2SiZr-2. The second kappa shape index (κ2) is 18.0. The summed E-state index contributed by atoms with van der Waals surface area (Å²) >= 11 is 1.86. The van der Waals surface area contributed by atoms with Crippen molar-refractivity contribution in [3.8, 4) is 11.1 Å². The van der Waals surface area contributed by atoms with E-state index >= 15 is 0 Å². The van der Waals surface area contributed by atoms with Gasteiger partial charge in [0.05, 0.1) is 0 Å². The summed E-state index contributed by atoms with van der Waals surface area (Å²) < 4.78 is 0. The molecule has 4 heteroatoms. The molecule has 3 aromatic rings. The molecule has 0 saturated carbocycles. The Labute approximate surface area is 262 Å². The quantitative estimate of drug-likeness (QED) is 0.218. The molecule has 0 N–H and O–H groups in total. The summed E-state index contributed by atoms with van der Waals surface area (Å²) in [5, 5.41) is 0. The monoisotopic (exact) mass is 644 g/mol. The van der Waals surface area contributed by atoms with Gasteiger partial charge in [-0.2, -0.15) is 47.5 Å². The Morgan fingerprint density at radius 2 is 1.34 bits per heavy atom. The van der Waals surface area contributed by atoms with E-state index in [4.69, 9.17) is 0 Å². The third kappa shape index (κ3) is 12.3. The molecule has 38 heavy (non-hydrogen) atoms. The van der Waals surface area contributed by atoms with Gasteiger partial charge in [0.1, 0.15) is 0 Å². The number of hydrogen-bond acceptors (Lipinski definition) is 0. The Hall–Kier alpha value is -0.530. The average molecular weight is 647 g/mol. The van der Waals surface area contributed by atoms with Gasteiger partial charge < -0.3 is 24.8 Å². The zero-order valence-corrected chi connectivity index (χ0v) is 29.9. The van der Waals surface area contributed by atoms with Crippen molar-refractivity contribution in [1.82, 2.24) is 0 Å². The summed E-state index contributed by atoms with van der Waals surface area (Å²) in [4.78, 5) is 0. The zero-order chi connectivity index (χ0) is 26.8.